The van der Waals surface area contributed by atoms with Crippen LogP contribution in [0.3, 0.4) is 0 Å². The number of anilines is 2. The molecule has 3 aromatic rings. The van der Waals surface area contributed by atoms with Crippen molar-refractivity contribution in [3.05, 3.63) is 62.8 Å². The molecule has 0 radical (unpaired) electrons. The molecule has 2 aliphatic rings. The number of amides is 2. The number of fused-ring (bicyclic) bond motifs is 2. The van der Waals surface area contributed by atoms with Crippen molar-refractivity contribution in [1.82, 2.24) is 9.88 Å². The standard InChI is InChI=1S/C22H22N4O2S2/c27-20(26-10-3-6-15-5-1-2-7-17(15)26)14-25-11-9-16-19(13-25)30-22(23-16)24-21(28)18-8-4-12-29-18/h1-2,4-5,7-8,12H,3,6,9-11,13-14H2,(H,23,24,28). The Morgan fingerprint density at radius 2 is 2.00 bits per heavy atom. The number of thiazole rings is 1. The Labute approximate surface area is 183 Å². The molecule has 0 fully saturated rings. The smallest absolute Gasteiger partial charge is 0.267 e. The molecular formula is C22H22N4O2S2. The summed E-state index contributed by atoms with van der Waals surface area (Å²) >= 11 is 2.93. The fourth-order valence-corrected chi connectivity index (χ4v) is 5.74. The second-order valence-corrected chi connectivity index (χ2v) is 9.59. The number of benzene rings is 1. The highest BCUT2D eigenvalue weighted by atomic mass is 32.1. The van der Waals surface area contributed by atoms with E-state index in [1.807, 2.05) is 34.5 Å². The minimum Gasteiger partial charge on any atom is -0.311 e. The van der Waals surface area contributed by atoms with Crippen LogP contribution in [0, 0.1) is 0 Å². The van der Waals surface area contributed by atoms with Crippen LogP contribution in [-0.2, 0) is 24.2 Å². The first-order chi connectivity index (χ1) is 14.7. The van der Waals surface area contributed by atoms with Gasteiger partial charge in [-0.3, -0.25) is 19.8 Å². The topological polar surface area (TPSA) is 65.5 Å². The Morgan fingerprint density at radius 3 is 2.87 bits per heavy atom. The summed E-state index contributed by atoms with van der Waals surface area (Å²) in [6.07, 6.45) is 2.84. The summed E-state index contributed by atoms with van der Waals surface area (Å²) in [5.74, 6) is 0.0354. The molecule has 6 nitrogen and oxygen atoms in total. The number of rotatable bonds is 4. The maximum absolute atomic E-state index is 13.0. The number of para-hydroxylation sites is 1. The van der Waals surface area contributed by atoms with Crippen LogP contribution in [0.15, 0.2) is 41.8 Å². The fraction of sp³-hybridized carbons (Fsp3) is 0.318. The monoisotopic (exact) mass is 438 g/mol. The minimum absolute atomic E-state index is 0.119. The van der Waals surface area contributed by atoms with Crippen molar-refractivity contribution < 1.29 is 9.59 Å². The third-order valence-electron chi connectivity index (χ3n) is 5.55. The van der Waals surface area contributed by atoms with E-state index in [1.165, 1.54) is 28.2 Å². The molecule has 8 heteroatoms. The van der Waals surface area contributed by atoms with Crippen molar-refractivity contribution in [2.75, 3.05) is 29.9 Å². The van der Waals surface area contributed by atoms with Gasteiger partial charge in [0.1, 0.15) is 0 Å². The lowest BCUT2D eigenvalue weighted by Crippen LogP contribution is -2.44. The molecule has 0 aliphatic carbocycles. The van der Waals surface area contributed by atoms with Crippen LogP contribution in [0.4, 0.5) is 10.8 Å². The van der Waals surface area contributed by atoms with E-state index in [-0.39, 0.29) is 11.8 Å². The molecule has 30 heavy (non-hydrogen) atoms. The predicted molar refractivity (Wildman–Crippen MR) is 120 cm³/mol. The van der Waals surface area contributed by atoms with E-state index in [0.29, 0.717) is 23.1 Å². The van der Waals surface area contributed by atoms with Crippen molar-refractivity contribution in [2.24, 2.45) is 0 Å². The van der Waals surface area contributed by atoms with E-state index in [4.69, 9.17) is 0 Å². The van der Waals surface area contributed by atoms with E-state index in [2.05, 4.69) is 21.3 Å². The van der Waals surface area contributed by atoms with Gasteiger partial charge in [-0.05, 0) is 35.9 Å². The molecule has 0 bridgehead atoms. The number of nitrogens with one attached hydrogen (secondary N) is 1. The van der Waals surface area contributed by atoms with Gasteiger partial charge in [-0.1, -0.05) is 24.3 Å². The van der Waals surface area contributed by atoms with Crippen LogP contribution in [0.25, 0.3) is 0 Å². The quantitative estimate of drug-likeness (QED) is 0.673. The summed E-state index contributed by atoms with van der Waals surface area (Å²) in [6.45, 7) is 2.69. The zero-order chi connectivity index (χ0) is 20.5. The Morgan fingerprint density at radius 1 is 1.10 bits per heavy atom. The number of hydrogen-bond acceptors (Lipinski definition) is 6. The van der Waals surface area contributed by atoms with Gasteiger partial charge in [-0.2, -0.15) is 0 Å². The van der Waals surface area contributed by atoms with E-state index >= 15 is 0 Å². The van der Waals surface area contributed by atoms with Gasteiger partial charge >= 0.3 is 0 Å². The molecule has 2 aromatic heterocycles. The highest BCUT2D eigenvalue weighted by Crippen LogP contribution is 2.30. The lowest BCUT2D eigenvalue weighted by atomic mass is 10.0. The van der Waals surface area contributed by atoms with Crippen molar-refractivity contribution in [3.8, 4) is 0 Å². The van der Waals surface area contributed by atoms with Gasteiger partial charge in [0.05, 0.1) is 17.1 Å². The van der Waals surface area contributed by atoms with Gasteiger partial charge in [0.2, 0.25) is 5.91 Å². The van der Waals surface area contributed by atoms with Gasteiger partial charge in [0, 0.05) is 36.6 Å². The summed E-state index contributed by atoms with van der Waals surface area (Å²) in [5.41, 5.74) is 3.35. The lowest BCUT2D eigenvalue weighted by Gasteiger charge is -2.32. The number of nitrogens with zero attached hydrogens (tertiary/aromatic N) is 3. The molecule has 2 amide bonds. The minimum atomic E-state index is -0.119. The van der Waals surface area contributed by atoms with Gasteiger partial charge in [-0.25, -0.2) is 4.98 Å². The average Bonchev–Trinajstić information content (AvgIpc) is 3.42. The first-order valence-corrected chi connectivity index (χ1v) is 11.8. The van der Waals surface area contributed by atoms with Crippen LogP contribution >= 0.6 is 22.7 Å². The maximum atomic E-state index is 13.0. The molecule has 0 spiro atoms. The largest absolute Gasteiger partial charge is 0.311 e. The fourth-order valence-electron chi connectivity index (χ4n) is 4.07. The van der Waals surface area contributed by atoms with Crippen LogP contribution in [0.1, 0.15) is 32.2 Å². The molecular weight excluding hydrogens is 416 g/mol. The molecule has 0 saturated heterocycles. The summed E-state index contributed by atoms with van der Waals surface area (Å²) in [6, 6.07) is 11.9. The summed E-state index contributed by atoms with van der Waals surface area (Å²) in [4.78, 5) is 35.9. The maximum Gasteiger partial charge on any atom is 0.267 e. The SMILES string of the molecule is O=C(Nc1nc2c(s1)CN(CC(=O)N1CCCc3ccccc31)CC2)c1cccs1. The Bertz CT molecular complexity index is 1080. The van der Waals surface area contributed by atoms with Crippen LogP contribution in [0.2, 0.25) is 0 Å². The summed E-state index contributed by atoms with van der Waals surface area (Å²) in [5, 5.41) is 5.43. The van der Waals surface area contributed by atoms with Crippen molar-refractivity contribution >= 4 is 45.3 Å². The van der Waals surface area contributed by atoms with Crippen LogP contribution in [0.5, 0.6) is 0 Å². The van der Waals surface area contributed by atoms with Gasteiger partial charge in [-0.15, -0.1) is 22.7 Å². The number of aryl methyl sites for hydroxylation is 1. The molecule has 0 saturated carbocycles. The van der Waals surface area contributed by atoms with Gasteiger partial charge in [0.25, 0.3) is 5.91 Å². The average molecular weight is 439 g/mol. The number of thiophene rings is 1. The summed E-state index contributed by atoms with van der Waals surface area (Å²) < 4.78 is 0. The molecule has 1 N–H and O–H groups in total. The van der Waals surface area contributed by atoms with Crippen molar-refractivity contribution in [2.45, 2.75) is 25.8 Å². The molecule has 5 rings (SSSR count). The highest BCUT2D eigenvalue weighted by molar-refractivity contribution is 7.16. The molecule has 0 atom stereocenters. The zero-order valence-corrected chi connectivity index (χ0v) is 18.1. The zero-order valence-electron chi connectivity index (χ0n) is 16.5. The predicted octanol–water partition coefficient (Wildman–Crippen LogP) is 3.79. The lowest BCUT2D eigenvalue weighted by molar-refractivity contribution is -0.120. The molecule has 1 aromatic carbocycles. The number of carbonyl (C=O) groups excluding carboxylic acids is 2. The second kappa shape index (κ2) is 8.29. The van der Waals surface area contributed by atoms with Crippen molar-refractivity contribution in [1.29, 1.82) is 0 Å². The Balaban J connectivity index is 1.24. The number of aromatic nitrogens is 1. The molecule has 154 valence electrons. The van der Waals surface area contributed by atoms with Gasteiger partial charge < -0.3 is 4.90 Å². The second-order valence-electron chi connectivity index (χ2n) is 7.56. The molecule has 0 unspecified atom stereocenters. The van der Waals surface area contributed by atoms with E-state index in [0.717, 1.165) is 48.6 Å². The van der Waals surface area contributed by atoms with E-state index < -0.39 is 0 Å². The molecule has 4 heterocycles. The first kappa shape index (κ1) is 19.4. The molecule has 2 aliphatic heterocycles. The Kier molecular flexibility index (Phi) is 5.37. The van der Waals surface area contributed by atoms with Crippen LogP contribution in [-0.4, -0.2) is 41.3 Å². The number of carbonyl (C=O) groups is 2. The third-order valence-corrected chi connectivity index (χ3v) is 7.41. The highest BCUT2D eigenvalue weighted by Gasteiger charge is 2.27. The first-order valence-electron chi connectivity index (χ1n) is 10.1. The Hall–Kier alpha value is -2.55. The van der Waals surface area contributed by atoms with E-state index in [1.54, 1.807) is 6.07 Å². The number of hydrogen-bond donors (Lipinski definition) is 1. The van der Waals surface area contributed by atoms with Gasteiger partial charge in [0.15, 0.2) is 5.13 Å². The summed E-state index contributed by atoms with van der Waals surface area (Å²) in [7, 11) is 0. The normalized spacial score (nSPS) is 16.1. The van der Waals surface area contributed by atoms with Crippen LogP contribution < -0.4 is 10.2 Å². The van der Waals surface area contributed by atoms with E-state index in [9.17, 15) is 9.59 Å². The third kappa shape index (κ3) is 3.90. The van der Waals surface area contributed by atoms with Crippen molar-refractivity contribution in [3.63, 3.8) is 0 Å².